The zero-order valence-electron chi connectivity index (χ0n) is 15.1. The van der Waals surface area contributed by atoms with Gasteiger partial charge in [-0.05, 0) is 63.2 Å². The maximum Gasteiger partial charge on any atom is 0.119 e. The summed E-state index contributed by atoms with van der Waals surface area (Å²) in [5, 5.41) is 0. The van der Waals surface area contributed by atoms with Crippen LogP contribution in [0.3, 0.4) is 0 Å². The van der Waals surface area contributed by atoms with Crippen molar-refractivity contribution < 1.29 is 4.74 Å². The number of hydrogen-bond donors (Lipinski definition) is 0. The van der Waals surface area contributed by atoms with E-state index < -0.39 is 8.46 Å². The quantitative estimate of drug-likeness (QED) is 0.335. The summed E-state index contributed by atoms with van der Waals surface area (Å²) in [6, 6.07) is 30.1. The minimum absolute atomic E-state index is 0.789. The minimum atomic E-state index is -1.31. The van der Waals surface area contributed by atoms with E-state index in [0.29, 0.717) is 0 Å². The molecule has 3 rings (SSSR count). The van der Waals surface area contributed by atoms with Crippen molar-refractivity contribution in [3.05, 3.63) is 90.5 Å². The van der Waals surface area contributed by atoms with Crippen molar-refractivity contribution in [2.75, 3.05) is 6.61 Å². The highest BCUT2D eigenvalue weighted by molar-refractivity contribution is 9.58. The molecule has 0 unspecified atom stereocenters. The first-order chi connectivity index (χ1) is 12.7. The van der Waals surface area contributed by atoms with E-state index >= 15 is 0 Å². The lowest BCUT2D eigenvalue weighted by molar-refractivity contribution is 0.309. The monoisotopic (exact) mass is 428 g/mol. The summed E-state index contributed by atoms with van der Waals surface area (Å²) in [6.45, 7) is 2.97. The molecule has 0 aliphatic heterocycles. The van der Waals surface area contributed by atoms with Crippen LogP contribution in [-0.2, 0) is 5.75 Å². The number of rotatable bonds is 8. The van der Waals surface area contributed by atoms with E-state index in [1.54, 1.807) is 0 Å². The van der Waals surface area contributed by atoms with Crippen LogP contribution in [0.1, 0.15) is 25.3 Å². The van der Waals surface area contributed by atoms with Crippen LogP contribution in [0, 0.1) is 0 Å². The van der Waals surface area contributed by atoms with Crippen LogP contribution in [0.5, 0.6) is 5.75 Å². The Labute approximate surface area is 165 Å². The molecule has 0 amide bonds. The molecule has 0 radical (unpaired) electrons. The van der Waals surface area contributed by atoms with Gasteiger partial charge >= 0.3 is 0 Å². The summed E-state index contributed by atoms with van der Waals surface area (Å²) in [5.41, 5.74) is 1.31. The van der Waals surface area contributed by atoms with Crippen LogP contribution in [-0.4, -0.2) is 6.61 Å². The number of hydrogen-bond acceptors (Lipinski definition) is 1. The maximum atomic E-state index is 5.80. The molecule has 0 saturated heterocycles. The first-order valence-corrected chi connectivity index (χ1v) is 12.7. The molecule has 0 fully saturated rings. The summed E-state index contributed by atoms with van der Waals surface area (Å²) < 4.78 is 5.80. The Balaban J connectivity index is 1.85. The van der Waals surface area contributed by atoms with Gasteiger partial charge in [0.1, 0.15) is 5.75 Å². The molecule has 0 bridgehead atoms. The van der Waals surface area contributed by atoms with Gasteiger partial charge in [-0.3, -0.25) is 0 Å². The largest absolute Gasteiger partial charge is 0.494 e. The highest BCUT2D eigenvalue weighted by Gasteiger charge is 2.25. The molecular formula is C23H25BrOS. The van der Waals surface area contributed by atoms with Crippen LogP contribution in [0.4, 0.5) is 0 Å². The third-order valence-corrected chi connectivity index (χ3v) is 9.99. The van der Waals surface area contributed by atoms with E-state index in [4.69, 9.17) is 4.74 Å². The Bertz CT molecular complexity index is 748. The molecule has 26 heavy (non-hydrogen) atoms. The fourth-order valence-electron chi connectivity index (χ4n) is 2.82. The Kier molecular flexibility index (Phi) is 6.81. The molecule has 1 nitrogen and oxygen atoms in total. The van der Waals surface area contributed by atoms with E-state index in [2.05, 4.69) is 107 Å². The second-order valence-electron chi connectivity index (χ2n) is 6.27. The molecule has 0 N–H and O–H groups in total. The number of unbranched alkanes of at least 4 members (excludes halogenated alkanes) is 1. The Morgan fingerprint density at radius 2 is 1.31 bits per heavy atom. The predicted molar refractivity (Wildman–Crippen MR) is 116 cm³/mol. The van der Waals surface area contributed by atoms with Gasteiger partial charge in [0.25, 0.3) is 0 Å². The molecule has 3 heteroatoms. The third kappa shape index (κ3) is 4.72. The Morgan fingerprint density at radius 3 is 1.81 bits per heavy atom. The molecule has 0 heterocycles. The van der Waals surface area contributed by atoms with Crippen LogP contribution in [0.2, 0.25) is 0 Å². The summed E-state index contributed by atoms with van der Waals surface area (Å²) in [7, 11) is -1.31. The lowest BCUT2D eigenvalue weighted by Gasteiger charge is -2.34. The molecule has 0 saturated carbocycles. The molecule has 0 aliphatic rings. The van der Waals surface area contributed by atoms with Crippen LogP contribution in [0.15, 0.2) is 94.7 Å². The molecule has 0 aliphatic carbocycles. The Morgan fingerprint density at radius 1 is 0.769 bits per heavy atom. The van der Waals surface area contributed by atoms with Crippen molar-refractivity contribution in [2.24, 2.45) is 0 Å². The standard InChI is InChI=1S/C23H25BrOS/c1-2-3-18-25-21-16-14-20(15-17-21)19-26(24,22-10-6-4-7-11-22)23-12-8-5-9-13-23/h4-17H,2-3,18-19H2,1H3. The average molecular weight is 429 g/mol. The van der Waals surface area contributed by atoms with Crippen molar-refractivity contribution in [3.63, 3.8) is 0 Å². The number of ether oxygens (including phenoxy) is 1. The van der Waals surface area contributed by atoms with Gasteiger partial charge in [0.2, 0.25) is 0 Å². The van der Waals surface area contributed by atoms with E-state index in [-0.39, 0.29) is 0 Å². The zero-order valence-corrected chi connectivity index (χ0v) is 17.5. The van der Waals surface area contributed by atoms with Crippen LogP contribution >= 0.6 is 23.3 Å². The SMILES string of the molecule is CCCCOc1ccc(CS(Br)(c2ccccc2)c2ccccc2)cc1. The average Bonchev–Trinajstić information content (AvgIpc) is 2.71. The molecule has 136 valence electrons. The molecule has 3 aromatic rings. The molecular weight excluding hydrogens is 404 g/mol. The summed E-state index contributed by atoms with van der Waals surface area (Å²) >= 11 is 4.16. The van der Waals surface area contributed by atoms with Gasteiger partial charge in [-0.15, -0.1) is 8.46 Å². The van der Waals surface area contributed by atoms with Gasteiger partial charge in [-0.25, -0.2) is 0 Å². The predicted octanol–water partition coefficient (Wildman–Crippen LogP) is 7.60. The highest BCUT2D eigenvalue weighted by Crippen LogP contribution is 2.70. The van der Waals surface area contributed by atoms with E-state index in [0.717, 1.165) is 31.0 Å². The van der Waals surface area contributed by atoms with Gasteiger partial charge in [0, 0.05) is 15.5 Å². The van der Waals surface area contributed by atoms with Gasteiger partial charge < -0.3 is 4.74 Å². The zero-order chi connectivity index (χ0) is 18.2. The second kappa shape index (κ2) is 9.29. The molecule has 0 spiro atoms. The lowest BCUT2D eigenvalue weighted by atomic mass is 10.2. The first kappa shape index (κ1) is 19.1. The third-order valence-electron chi connectivity index (χ3n) is 4.29. The van der Waals surface area contributed by atoms with Crippen molar-refractivity contribution in [1.82, 2.24) is 0 Å². The van der Waals surface area contributed by atoms with Crippen molar-refractivity contribution in [3.8, 4) is 5.75 Å². The van der Waals surface area contributed by atoms with Gasteiger partial charge in [-0.1, -0.05) is 61.9 Å². The highest BCUT2D eigenvalue weighted by atomic mass is 79.9. The van der Waals surface area contributed by atoms with Crippen molar-refractivity contribution in [1.29, 1.82) is 0 Å². The molecule has 0 aromatic heterocycles. The van der Waals surface area contributed by atoms with E-state index in [1.807, 2.05) is 0 Å². The summed E-state index contributed by atoms with van der Waals surface area (Å²) in [6.07, 6.45) is 2.25. The molecule has 0 atom stereocenters. The van der Waals surface area contributed by atoms with E-state index in [9.17, 15) is 0 Å². The fourth-order valence-corrected chi connectivity index (χ4v) is 7.34. The molecule has 3 aromatic carbocycles. The topological polar surface area (TPSA) is 9.23 Å². The lowest BCUT2D eigenvalue weighted by Crippen LogP contribution is -2.00. The summed E-state index contributed by atoms with van der Waals surface area (Å²) in [5.74, 6) is 1.91. The second-order valence-corrected chi connectivity index (χ2v) is 12.1. The fraction of sp³-hybridized carbons (Fsp3) is 0.217. The number of halogens is 1. The van der Waals surface area contributed by atoms with Gasteiger partial charge in [-0.2, -0.15) is 0 Å². The van der Waals surface area contributed by atoms with Gasteiger partial charge in [0.05, 0.1) is 6.61 Å². The van der Waals surface area contributed by atoms with Gasteiger partial charge in [0.15, 0.2) is 0 Å². The van der Waals surface area contributed by atoms with Crippen LogP contribution < -0.4 is 4.74 Å². The first-order valence-electron chi connectivity index (χ1n) is 9.05. The Hall–Kier alpha value is -1.71. The normalized spacial score (nSPS) is 11.9. The maximum absolute atomic E-state index is 5.80. The smallest absolute Gasteiger partial charge is 0.119 e. The number of benzene rings is 3. The van der Waals surface area contributed by atoms with E-state index in [1.165, 1.54) is 15.4 Å². The van der Waals surface area contributed by atoms with Crippen molar-refractivity contribution in [2.45, 2.75) is 35.3 Å². The van der Waals surface area contributed by atoms with Crippen LogP contribution in [0.25, 0.3) is 0 Å². The minimum Gasteiger partial charge on any atom is -0.494 e. The van der Waals surface area contributed by atoms with Crippen molar-refractivity contribution >= 4 is 23.3 Å². The summed E-state index contributed by atoms with van der Waals surface area (Å²) in [4.78, 5) is 2.68.